The number of aromatic nitrogens is 2. The number of nitrogens with one attached hydrogen (secondary N) is 3. The minimum absolute atomic E-state index is 0.0427. The highest BCUT2D eigenvalue weighted by Gasteiger charge is 2.30. The molecule has 0 bridgehead atoms. The predicted octanol–water partition coefficient (Wildman–Crippen LogP) is 4.58. The van der Waals surface area contributed by atoms with E-state index in [-0.39, 0.29) is 35.6 Å². The molecule has 8 nitrogen and oxygen atoms in total. The molecule has 1 atom stereocenters. The Morgan fingerprint density at radius 1 is 1.17 bits per heavy atom. The summed E-state index contributed by atoms with van der Waals surface area (Å²) in [4.78, 5) is 8.44. The Morgan fingerprint density at radius 3 is 2.60 bits per heavy atom. The van der Waals surface area contributed by atoms with E-state index in [2.05, 4.69) is 41.3 Å². The first kappa shape index (κ1) is 26.9. The van der Waals surface area contributed by atoms with Crippen LogP contribution in [0.5, 0.6) is 0 Å². The zero-order chi connectivity index (χ0) is 25.8. The number of nitrogens with zero attached hydrogens (tertiary/aromatic N) is 2. The molecule has 3 rings (SSSR count). The molecule has 0 aliphatic heterocycles. The molecule has 4 N–H and O–H groups in total. The highest BCUT2D eigenvalue weighted by molar-refractivity contribution is 9.10. The number of halogens is 4. The molecule has 0 amide bonds. The minimum Gasteiger partial charge on any atom is -0.394 e. The van der Waals surface area contributed by atoms with E-state index >= 15 is 0 Å². The zero-order valence-electron chi connectivity index (χ0n) is 18.7. The average molecular weight is 574 g/mol. The normalized spacial score (nSPS) is 12.9. The predicted molar refractivity (Wildman–Crippen MR) is 130 cm³/mol. The largest absolute Gasteiger partial charge is 0.416 e. The van der Waals surface area contributed by atoms with Gasteiger partial charge >= 0.3 is 6.18 Å². The smallest absolute Gasteiger partial charge is 0.394 e. The van der Waals surface area contributed by atoms with Crippen molar-refractivity contribution in [2.75, 3.05) is 17.2 Å². The molecule has 2 aromatic carbocycles. The first-order valence-corrected chi connectivity index (χ1v) is 12.6. The average Bonchev–Trinajstić information content (AvgIpc) is 2.80. The Labute approximate surface area is 209 Å². The van der Waals surface area contributed by atoms with Crippen LogP contribution in [-0.4, -0.2) is 36.1 Å². The number of hydrogen-bond acceptors (Lipinski definition) is 7. The maximum absolute atomic E-state index is 12.9. The zero-order valence-corrected chi connectivity index (χ0v) is 21.1. The van der Waals surface area contributed by atoms with Crippen LogP contribution in [0.2, 0.25) is 0 Å². The number of aryl methyl sites for hydroxylation is 1. The number of aliphatic hydroxyl groups is 1. The van der Waals surface area contributed by atoms with Crippen LogP contribution in [0.4, 0.5) is 30.6 Å². The number of benzene rings is 2. The number of aliphatic hydroxyl groups excluding tert-OH is 1. The lowest BCUT2D eigenvalue weighted by Gasteiger charge is -2.15. The molecule has 0 aliphatic carbocycles. The molecular weight excluding hydrogens is 551 g/mol. The summed E-state index contributed by atoms with van der Waals surface area (Å²) in [6, 6.07) is 8.84. The second kappa shape index (κ2) is 10.9. The summed E-state index contributed by atoms with van der Waals surface area (Å²) in [5.74, 6) is 0.622. The Balaban J connectivity index is 1.79. The summed E-state index contributed by atoms with van der Waals surface area (Å²) in [5.41, 5.74) is 0.158. The molecule has 0 saturated heterocycles. The van der Waals surface area contributed by atoms with Gasteiger partial charge in [0.1, 0.15) is 5.82 Å². The van der Waals surface area contributed by atoms with Crippen molar-refractivity contribution >= 4 is 43.4 Å². The van der Waals surface area contributed by atoms with Crippen molar-refractivity contribution in [3.8, 4) is 0 Å². The van der Waals surface area contributed by atoms with Crippen molar-refractivity contribution in [2.24, 2.45) is 0 Å². The summed E-state index contributed by atoms with van der Waals surface area (Å²) >= 11 is 3.33. The van der Waals surface area contributed by atoms with Gasteiger partial charge in [0.25, 0.3) is 0 Å². The summed E-state index contributed by atoms with van der Waals surface area (Å²) in [6.45, 7) is 2.96. The van der Waals surface area contributed by atoms with Gasteiger partial charge in [-0.05, 0) is 59.1 Å². The van der Waals surface area contributed by atoms with Crippen LogP contribution in [0.25, 0.3) is 0 Å². The van der Waals surface area contributed by atoms with E-state index in [9.17, 15) is 26.7 Å². The van der Waals surface area contributed by atoms with E-state index in [0.717, 1.165) is 12.1 Å². The molecule has 35 heavy (non-hydrogen) atoms. The highest BCUT2D eigenvalue weighted by Crippen LogP contribution is 2.30. The SMILES string of the molecule is Cc1ccc(Nc2ncc(Br)c(N[C@H](C)CO)n2)cc1S(=O)(=O)NCc1cccc(C(F)(F)F)c1. The lowest BCUT2D eigenvalue weighted by Crippen LogP contribution is -2.24. The third-order valence-electron chi connectivity index (χ3n) is 4.86. The van der Waals surface area contributed by atoms with Crippen LogP contribution < -0.4 is 15.4 Å². The second-order valence-corrected chi connectivity index (χ2v) is 10.3. The maximum atomic E-state index is 12.9. The molecule has 13 heteroatoms. The lowest BCUT2D eigenvalue weighted by atomic mass is 10.1. The molecule has 188 valence electrons. The molecule has 0 saturated carbocycles. The van der Waals surface area contributed by atoms with Crippen LogP contribution >= 0.6 is 15.9 Å². The van der Waals surface area contributed by atoms with E-state index in [0.29, 0.717) is 21.5 Å². The maximum Gasteiger partial charge on any atom is 0.416 e. The molecular formula is C22H23BrF3N5O3S. The van der Waals surface area contributed by atoms with Crippen LogP contribution in [-0.2, 0) is 22.7 Å². The fourth-order valence-electron chi connectivity index (χ4n) is 3.02. The summed E-state index contributed by atoms with van der Waals surface area (Å²) < 4.78 is 67.6. The van der Waals surface area contributed by atoms with Gasteiger partial charge < -0.3 is 15.7 Å². The van der Waals surface area contributed by atoms with E-state index in [4.69, 9.17) is 0 Å². The van der Waals surface area contributed by atoms with Crippen molar-refractivity contribution in [1.29, 1.82) is 0 Å². The number of sulfonamides is 1. The standard InChI is InChI=1S/C22H23BrF3N5O3S/c1-13-6-7-17(30-21-27-11-18(23)20(31-21)29-14(2)12-32)9-19(13)35(33,34)28-10-15-4-3-5-16(8-15)22(24,25)26/h3-9,11,14,28,32H,10,12H2,1-2H3,(H2,27,29,30,31)/t14-/m1/s1. The van der Waals surface area contributed by atoms with Crippen LogP contribution in [0.3, 0.4) is 0 Å². The van der Waals surface area contributed by atoms with Gasteiger partial charge in [-0.1, -0.05) is 24.3 Å². The third-order valence-corrected chi connectivity index (χ3v) is 6.98. The Morgan fingerprint density at radius 2 is 1.91 bits per heavy atom. The van der Waals surface area contributed by atoms with Crippen molar-refractivity contribution < 1.29 is 26.7 Å². The van der Waals surface area contributed by atoms with Crippen LogP contribution in [0, 0.1) is 6.92 Å². The molecule has 0 aliphatic rings. The number of anilines is 3. The van der Waals surface area contributed by atoms with Gasteiger partial charge in [0.05, 0.1) is 21.5 Å². The van der Waals surface area contributed by atoms with E-state index in [1.807, 2.05) is 0 Å². The van der Waals surface area contributed by atoms with E-state index in [1.54, 1.807) is 26.0 Å². The van der Waals surface area contributed by atoms with Gasteiger partial charge in [0.15, 0.2) is 0 Å². The first-order valence-electron chi connectivity index (χ1n) is 10.3. The Hall–Kier alpha value is -2.74. The topological polar surface area (TPSA) is 116 Å². The van der Waals surface area contributed by atoms with Crippen molar-refractivity contribution in [1.82, 2.24) is 14.7 Å². The molecule has 0 spiro atoms. The molecule has 0 radical (unpaired) electrons. The minimum atomic E-state index is -4.52. The monoisotopic (exact) mass is 573 g/mol. The number of alkyl halides is 3. The Bertz CT molecular complexity index is 1310. The van der Waals surface area contributed by atoms with Crippen LogP contribution in [0.15, 0.2) is 58.0 Å². The first-order chi connectivity index (χ1) is 16.4. The quantitative estimate of drug-likeness (QED) is 0.296. The van der Waals surface area contributed by atoms with Gasteiger partial charge in [-0.3, -0.25) is 0 Å². The second-order valence-electron chi connectivity index (χ2n) is 7.75. The van der Waals surface area contributed by atoms with Gasteiger partial charge in [0, 0.05) is 24.5 Å². The van der Waals surface area contributed by atoms with Gasteiger partial charge in [-0.25, -0.2) is 18.1 Å². The molecule has 3 aromatic rings. The number of hydrogen-bond donors (Lipinski definition) is 4. The van der Waals surface area contributed by atoms with Gasteiger partial charge in [-0.2, -0.15) is 18.2 Å². The summed E-state index contributed by atoms with van der Waals surface area (Å²) in [6.07, 6.45) is -3.02. The fraction of sp³-hybridized carbons (Fsp3) is 0.273. The Kier molecular flexibility index (Phi) is 8.36. The summed E-state index contributed by atoms with van der Waals surface area (Å²) in [7, 11) is -4.05. The van der Waals surface area contributed by atoms with Crippen molar-refractivity contribution in [3.63, 3.8) is 0 Å². The van der Waals surface area contributed by atoms with Gasteiger partial charge in [-0.15, -0.1) is 0 Å². The van der Waals surface area contributed by atoms with Gasteiger partial charge in [0.2, 0.25) is 16.0 Å². The van der Waals surface area contributed by atoms with Crippen molar-refractivity contribution in [2.45, 2.75) is 37.5 Å². The van der Waals surface area contributed by atoms with E-state index < -0.39 is 21.8 Å². The van der Waals surface area contributed by atoms with E-state index in [1.165, 1.54) is 24.4 Å². The fourth-order valence-corrected chi connectivity index (χ4v) is 4.61. The lowest BCUT2D eigenvalue weighted by molar-refractivity contribution is -0.137. The van der Waals surface area contributed by atoms with Crippen LogP contribution in [0.1, 0.15) is 23.6 Å². The van der Waals surface area contributed by atoms with Crippen molar-refractivity contribution in [3.05, 3.63) is 69.8 Å². The third kappa shape index (κ3) is 7.13. The highest BCUT2D eigenvalue weighted by atomic mass is 79.9. The summed E-state index contributed by atoms with van der Waals surface area (Å²) in [5, 5.41) is 15.2. The molecule has 1 heterocycles. The molecule has 1 aromatic heterocycles. The molecule has 0 unspecified atom stereocenters. The number of rotatable bonds is 9. The molecule has 0 fully saturated rings.